The van der Waals surface area contributed by atoms with Crippen molar-refractivity contribution >= 4 is 22.8 Å². The van der Waals surface area contributed by atoms with Crippen LogP contribution in [0.4, 0.5) is 13.2 Å². The lowest BCUT2D eigenvalue weighted by Gasteiger charge is -2.25. The molecule has 1 fully saturated rings. The van der Waals surface area contributed by atoms with Crippen molar-refractivity contribution in [3.05, 3.63) is 35.4 Å². The molecule has 0 spiro atoms. The van der Waals surface area contributed by atoms with Gasteiger partial charge in [0.25, 0.3) is 0 Å². The molecule has 1 aliphatic rings. The van der Waals surface area contributed by atoms with Crippen LogP contribution >= 0.6 is 11.8 Å². The van der Waals surface area contributed by atoms with Gasteiger partial charge in [-0.3, -0.25) is 9.59 Å². The third kappa shape index (κ3) is 3.82. The summed E-state index contributed by atoms with van der Waals surface area (Å²) in [5, 5.41) is -0.190. The monoisotopic (exact) mass is 331 g/mol. The lowest BCUT2D eigenvalue weighted by Crippen LogP contribution is -2.29. The van der Waals surface area contributed by atoms with Crippen molar-refractivity contribution in [2.75, 3.05) is 6.54 Å². The van der Waals surface area contributed by atoms with Crippen molar-refractivity contribution in [1.82, 2.24) is 4.90 Å². The number of halogens is 3. The fourth-order valence-corrected chi connectivity index (χ4v) is 3.47. The lowest BCUT2D eigenvalue weighted by molar-refractivity contribution is -0.137. The largest absolute Gasteiger partial charge is 0.416 e. The highest BCUT2D eigenvalue weighted by atomic mass is 32.2. The summed E-state index contributed by atoms with van der Waals surface area (Å²) in [6.45, 7) is 3.52. The predicted octanol–water partition coefficient (Wildman–Crippen LogP) is 3.65. The van der Waals surface area contributed by atoms with Gasteiger partial charge in [-0.1, -0.05) is 23.9 Å². The first-order valence-electron chi connectivity index (χ1n) is 6.82. The Kier molecular flexibility index (Phi) is 4.84. The summed E-state index contributed by atoms with van der Waals surface area (Å²) in [6.07, 6.45) is -4.16. The fourth-order valence-electron chi connectivity index (χ4n) is 2.54. The number of amides is 1. The predicted molar refractivity (Wildman–Crippen MR) is 78.2 cm³/mol. The highest BCUT2D eigenvalue weighted by molar-refractivity contribution is 8.14. The zero-order chi connectivity index (χ0) is 16.5. The number of hydrogen-bond donors (Lipinski definition) is 0. The minimum Gasteiger partial charge on any atom is -0.335 e. The lowest BCUT2D eigenvalue weighted by atomic mass is 10.0. The molecule has 3 nitrogen and oxygen atoms in total. The molecule has 2 atom stereocenters. The highest BCUT2D eigenvalue weighted by Crippen LogP contribution is 2.34. The number of carbonyl (C=O) groups excluding carboxylic acids is 2. The number of carbonyl (C=O) groups is 2. The molecule has 2 unspecified atom stereocenters. The van der Waals surface area contributed by atoms with E-state index in [0.29, 0.717) is 12.1 Å². The van der Waals surface area contributed by atoms with E-state index in [2.05, 4.69) is 0 Å². The van der Waals surface area contributed by atoms with Crippen molar-refractivity contribution in [3.8, 4) is 0 Å². The van der Waals surface area contributed by atoms with Crippen molar-refractivity contribution in [2.45, 2.75) is 37.7 Å². The van der Waals surface area contributed by atoms with Crippen LogP contribution in [0.3, 0.4) is 0 Å². The molecule has 7 heteroatoms. The molecule has 22 heavy (non-hydrogen) atoms. The Balaban J connectivity index is 2.16. The Morgan fingerprint density at radius 1 is 1.41 bits per heavy atom. The number of alkyl halides is 3. The van der Waals surface area contributed by atoms with E-state index in [4.69, 9.17) is 0 Å². The minimum absolute atomic E-state index is 0.0635. The summed E-state index contributed by atoms with van der Waals surface area (Å²) in [5.74, 6) is -0.135. The second kappa shape index (κ2) is 6.32. The summed E-state index contributed by atoms with van der Waals surface area (Å²) in [5.41, 5.74) is -0.283. The van der Waals surface area contributed by atoms with Crippen LogP contribution < -0.4 is 0 Å². The van der Waals surface area contributed by atoms with Crippen LogP contribution in [0.1, 0.15) is 37.4 Å². The second-order valence-electron chi connectivity index (χ2n) is 5.28. The van der Waals surface area contributed by atoms with Gasteiger partial charge in [0.05, 0.1) is 11.6 Å². The Bertz CT molecular complexity index is 588. The van der Waals surface area contributed by atoms with Gasteiger partial charge in [-0.25, -0.2) is 0 Å². The van der Waals surface area contributed by atoms with Crippen molar-refractivity contribution in [3.63, 3.8) is 0 Å². The maximum absolute atomic E-state index is 12.8. The molecular weight excluding hydrogens is 315 g/mol. The van der Waals surface area contributed by atoms with E-state index in [9.17, 15) is 22.8 Å². The standard InChI is InChI=1S/C15H16F3NO2S/c1-9(11-4-3-5-12(6-11)15(16,17)18)19-8-13(7-14(19)21)22-10(2)20/h3-6,9,13H,7-8H2,1-2H3. The first-order valence-corrected chi connectivity index (χ1v) is 7.70. The summed E-state index contributed by atoms with van der Waals surface area (Å²) in [6, 6.07) is 4.56. The number of hydrogen-bond acceptors (Lipinski definition) is 3. The van der Waals surface area contributed by atoms with Crippen LogP contribution in [-0.2, 0) is 15.8 Å². The molecule has 2 rings (SSSR count). The molecule has 1 amide bonds. The van der Waals surface area contributed by atoms with E-state index in [1.807, 2.05) is 0 Å². The molecule has 1 saturated heterocycles. The van der Waals surface area contributed by atoms with Gasteiger partial charge < -0.3 is 4.90 Å². The molecule has 1 aromatic rings. The van der Waals surface area contributed by atoms with Crippen molar-refractivity contribution in [1.29, 1.82) is 0 Å². The molecule has 1 aromatic carbocycles. The van der Waals surface area contributed by atoms with Gasteiger partial charge >= 0.3 is 6.18 Å². The molecule has 1 heterocycles. The quantitative estimate of drug-likeness (QED) is 0.848. The van der Waals surface area contributed by atoms with Crippen LogP contribution in [0.15, 0.2) is 24.3 Å². The van der Waals surface area contributed by atoms with Crippen LogP contribution in [-0.4, -0.2) is 27.7 Å². The molecule has 1 aliphatic heterocycles. The number of thioether (sulfide) groups is 1. The van der Waals surface area contributed by atoms with E-state index in [0.717, 1.165) is 23.9 Å². The molecule has 0 bridgehead atoms. The van der Waals surface area contributed by atoms with E-state index in [1.54, 1.807) is 13.0 Å². The van der Waals surface area contributed by atoms with Crippen LogP contribution in [0.5, 0.6) is 0 Å². The second-order valence-corrected chi connectivity index (χ2v) is 6.76. The number of benzene rings is 1. The maximum atomic E-state index is 12.8. The van der Waals surface area contributed by atoms with Gasteiger partial charge in [-0.05, 0) is 24.6 Å². The van der Waals surface area contributed by atoms with Gasteiger partial charge in [-0.2, -0.15) is 13.2 Å². The van der Waals surface area contributed by atoms with Gasteiger partial charge in [0, 0.05) is 25.1 Å². The molecule has 0 N–H and O–H groups in total. The minimum atomic E-state index is -4.40. The van der Waals surface area contributed by atoms with E-state index < -0.39 is 17.8 Å². The summed E-state index contributed by atoms with van der Waals surface area (Å²) < 4.78 is 38.3. The van der Waals surface area contributed by atoms with Crippen LogP contribution in [0.2, 0.25) is 0 Å². The summed E-state index contributed by atoms with van der Waals surface area (Å²) in [4.78, 5) is 24.7. The summed E-state index contributed by atoms with van der Waals surface area (Å²) >= 11 is 1.11. The fraction of sp³-hybridized carbons (Fsp3) is 0.467. The van der Waals surface area contributed by atoms with Gasteiger partial charge in [-0.15, -0.1) is 0 Å². The van der Waals surface area contributed by atoms with Crippen LogP contribution in [0, 0.1) is 0 Å². The Morgan fingerprint density at radius 2 is 2.09 bits per heavy atom. The number of nitrogens with zero attached hydrogens (tertiary/aromatic N) is 1. The Morgan fingerprint density at radius 3 is 2.68 bits per heavy atom. The average molecular weight is 331 g/mol. The highest BCUT2D eigenvalue weighted by Gasteiger charge is 2.35. The topological polar surface area (TPSA) is 37.4 Å². The van der Waals surface area contributed by atoms with Crippen LogP contribution in [0.25, 0.3) is 0 Å². The number of likely N-dealkylation sites (tertiary alicyclic amines) is 1. The van der Waals surface area contributed by atoms with Gasteiger partial charge in [0.1, 0.15) is 0 Å². The SMILES string of the molecule is CC(=O)SC1CC(=O)N(C(C)c2cccc(C(F)(F)F)c2)C1. The normalized spacial score (nSPS) is 20.3. The van der Waals surface area contributed by atoms with E-state index in [1.165, 1.54) is 17.9 Å². The molecule has 0 saturated carbocycles. The molecule has 120 valence electrons. The maximum Gasteiger partial charge on any atom is 0.416 e. The van der Waals surface area contributed by atoms with Gasteiger partial charge in [0.2, 0.25) is 5.91 Å². The van der Waals surface area contributed by atoms with E-state index >= 15 is 0 Å². The van der Waals surface area contributed by atoms with Crippen molar-refractivity contribution in [2.24, 2.45) is 0 Å². The Labute approximate surface area is 130 Å². The Hall–Kier alpha value is -1.50. The first-order chi connectivity index (χ1) is 10.2. The van der Waals surface area contributed by atoms with Crippen molar-refractivity contribution < 1.29 is 22.8 Å². The average Bonchev–Trinajstić information content (AvgIpc) is 2.77. The molecular formula is C15H16F3NO2S. The van der Waals surface area contributed by atoms with E-state index in [-0.39, 0.29) is 22.7 Å². The number of rotatable bonds is 3. The molecule has 0 radical (unpaired) electrons. The zero-order valence-corrected chi connectivity index (χ0v) is 13.0. The summed E-state index contributed by atoms with van der Waals surface area (Å²) in [7, 11) is 0. The first kappa shape index (κ1) is 16.9. The smallest absolute Gasteiger partial charge is 0.335 e. The third-order valence-corrected chi connectivity index (χ3v) is 4.60. The zero-order valence-electron chi connectivity index (χ0n) is 12.2. The van der Waals surface area contributed by atoms with Gasteiger partial charge in [0.15, 0.2) is 5.12 Å². The molecule has 0 aromatic heterocycles. The third-order valence-electron chi connectivity index (χ3n) is 3.62. The molecule has 0 aliphatic carbocycles.